The number of halogens is 1. The first kappa shape index (κ1) is 16.0. The number of aromatic nitrogens is 2. The highest BCUT2D eigenvalue weighted by Gasteiger charge is 2.17. The van der Waals surface area contributed by atoms with E-state index in [0.717, 1.165) is 0 Å². The molecule has 19 heavy (non-hydrogen) atoms. The van der Waals surface area contributed by atoms with E-state index in [2.05, 4.69) is 10.4 Å². The largest absolute Gasteiger partial charge is 0.396 e. The Morgan fingerprint density at radius 1 is 1.42 bits per heavy atom. The Hall–Kier alpha value is -1.07. The summed E-state index contributed by atoms with van der Waals surface area (Å²) in [6, 6.07) is 0.0241. The summed E-state index contributed by atoms with van der Waals surface area (Å²) in [5, 5.41) is 16.5. The molecule has 0 bridgehead atoms. The molecule has 1 rings (SSSR count). The van der Waals surface area contributed by atoms with E-state index in [1.807, 2.05) is 27.7 Å². The fourth-order valence-corrected chi connectivity index (χ4v) is 2.01. The molecule has 0 aromatic carbocycles. The summed E-state index contributed by atoms with van der Waals surface area (Å²) in [4.78, 5) is 12.0. The predicted octanol–water partition coefficient (Wildman–Crippen LogP) is 2.30. The van der Waals surface area contributed by atoms with Gasteiger partial charge in [0.15, 0.2) is 0 Å². The Bertz CT molecular complexity index is 471. The van der Waals surface area contributed by atoms with Crippen LogP contribution in [0.1, 0.15) is 40.2 Å². The normalized spacial score (nSPS) is 13.1. The number of hydrogen-bond acceptors (Lipinski definition) is 4. The number of nitrogens with one attached hydrogen (secondary N) is 1. The number of hydrogen-bond donors (Lipinski definition) is 2. The standard InChI is InChI=1S/C13H22ClN3O2/c1-8(2)10(5-6-18)16-11-7-15-17(9(3)4)13(19)12(11)14/h7-10,16,18H,5-6H2,1-4H3. The summed E-state index contributed by atoms with van der Waals surface area (Å²) < 4.78 is 1.35. The molecular formula is C13H22ClN3O2. The van der Waals surface area contributed by atoms with Gasteiger partial charge in [0.05, 0.1) is 17.9 Å². The highest BCUT2D eigenvalue weighted by atomic mass is 35.5. The SMILES string of the molecule is CC(C)C(CCO)Nc1cnn(C(C)C)c(=O)c1Cl. The molecule has 2 N–H and O–H groups in total. The molecule has 1 unspecified atom stereocenters. The fourth-order valence-electron chi connectivity index (χ4n) is 1.82. The molecule has 1 aromatic heterocycles. The van der Waals surface area contributed by atoms with Gasteiger partial charge in [-0.15, -0.1) is 0 Å². The summed E-state index contributed by atoms with van der Waals surface area (Å²) in [5.74, 6) is 0.316. The molecule has 0 amide bonds. The highest BCUT2D eigenvalue weighted by molar-refractivity contribution is 6.32. The van der Waals surface area contributed by atoms with Gasteiger partial charge in [-0.05, 0) is 26.2 Å². The van der Waals surface area contributed by atoms with Crippen LogP contribution in [0.4, 0.5) is 5.69 Å². The van der Waals surface area contributed by atoms with E-state index in [9.17, 15) is 4.79 Å². The van der Waals surface area contributed by atoms with Crippen LogP contribution in [0.15, 0.2) is 11.0 Å². The van der Waals surface area contributed by atoms with Crippen LogP contribution in [0.25, 0.3) is 0 Å². The second kappa shape index (κ2) is 6.91. The van der Waals surface area contributed by atoms with E-state index in [4.69, 9.17) is 16.7 Å². The minimum atomic E-state index is -0.298. The third kappa shape index (κ3) is 3.94. The molecule has 0 aliphatic heterocycles. The molecule has 108 valence electrons. The summed E-state index contributed by atoms with van der Waals surface area (Å²) in [6.07, 6.45) is 2.16. The first-order chi connectivity index (χ1) is 8.88. The van der Waals surface area contributed by atoms with Crippen molar-refractivity contribution >= 4 is 17.3 Å². The minimum Gasteiger partial charge on any atom is -0.396 e. The van der Waals surface area contributed by atoms with E-state index >= 15 is 0 Å². The highest BCUT2D eigenvalue weighted by Crippen LogP contribution is 2.20. The van der Waals surface area contributed by atoms with Crippen LogP contribution >= 0.6 is 11.6 Å². The number of aliphatic hydroxyl groups excluding tert-OH is 1. The van der Waals surface area contributed by atoms with Crippen LogP contribution in [0.3, 0.4) is 0 Å². The Morgan fingerprint density at radius 3 is 2.53 bits per heavy atom. The van der Waals surface area contributed by atoms with Gasteiger partial charge in [-0.3, -0.25) is 4.79 Å². The van der Waals surface area contributed by atoms with E-state index < -0.39 is 0 Å². The lowest BCUT2D eigenvalue weighted by molar-refractivity contribution is 0.267. The van der Waals surface area contributed by atoms with Crippen LogP contribution < -0.4 is 10.9 Å². The quantitative estimate of drug-likeness (QED) is 0.842. The van der Waals surface area contributed by atoms with E-state index in [1.165, 1.54) is 4.68 Å². The number of nitrogens with zero attached hydrogens (tertiary/aromatic N) is 2. The zero-order valence-corrected chi connectivity index (χ0v) is 12.6. The first-order valence-electron chi connectivity index (χ1n) is 6.53. The van der Waals surface area contributed by atoms with Crippen molar-refractivity contribution in [1.29, 1.82) is 0 Å². The van der Waals surface area contributed by atoms with Gasteiger partial charge in [-0.25, -0.2) is 4.68 Å². The van der Waals surface area contributed by atoms with Gasteiger partial charge >= 0.3 is 0 Å². The number of rotatable bonds is 6. The van der Waals surface area contributed by atoms with Crippen LogP contribution in [0, 0.1) is 5.92 Å². The van der Waals surface area contributed by atoms with Crippen molar-refractivity contribution in [2.45, 2.75) is 46.2 Å². The Kier molecular flexibility index (Phi) is 5.82. The van der Waals surface area contributed by atoms with Crippen LogP contribution in [-0.2, 0) is 0 Å². The Morgan fingerprint density at radius 2 is 2.05 bits per heavy atom. The van der Waals surface area contributed by atoms with Crippen molar-refractivity contribution in [3.63, 3.8) is 0 Å². The molecule has 1 atom stereocenters. The lowest BCUT2D eigenvalue weighted by Crippen LogP contribution is -2.30. The predicted molar refractivity (Wildman–Crippen MR) is 77.8 cm³/mol. The molecule has 5 nitrogen and oxygen atoms in total. The monoisotopic (exact) mass is 287 g/mol. The van der Waals surface area contributed by atoms with Gasteiger partial charge in [0.25, 0.3) is 5.56 Å². The second-order valence-electron chi connectivity index (χ2n) is 5.22. The average Bonchev–Trinajstić information content (AvgIpc) is 2.33. The van der Waals surface area contributed by atoms with Gasteiger partial charge in [0, 0.05) is 12.6 Å². The van der Waals surface area contributed by atoms with Crippen molar-refractivity contribution in [1.82, 2.24) is 9.78 Å². The molecule has 0 saturated heterocycles. The molecule has 1 heterocycles. The lowest BCUT2D eigenvalue weighted by atomic mass is 10.0. The van der Waals surface area contributed by atoms with E-state index in [-0.39, 0.29) is 29.3 Å². The maximum absolute atomic E-state index is 12.0. The van der Waals surface area contributed by atoms with Crippen LogP contribution in [0.2, 0.25) is 5.02 Å². The third-order valence-corrected chi connectivity index (χ3v) is 3.38. The van der Waals surface area contributed by atoms with E-state index in [0.29, 0.717) is 18.0 Å². The van der Waals surface area contributed by atoms with Crippen LogP contribution in [0.5, 0.6) is 0 Å². The summed E-state index contributed by atoms with van der Waals surface area (Å²) in [6.45, 7) is 7.93. The molecule has 6 heteroatoms. The van der Waals surface area contributed by atoms with Crippen molar-refractivity contribution in [2.24, 2.45) is 5.92 Å². The maximum atomic E-state index is 12.0. The first-order valence-corrected chi connectivity index (χ1v) is 6.91. The zero-order chi connectivity index (χ0) is 14.6. The molecule has 0 spiro atoms. The van der Waals surface area contributed by atoms with Crippen molar-refractivity contribution in [3.8, 4) is 0 Å². The van der Waals surface area contributed by atoms with Crippen molar-refractivity contribution in [2.75, 3.05) is 11.9 Å². The van der Waals surface area contributed by atoms with Gasteiger partial charge in [-0.1, -0.05) is 25.4 Å². The Labute approximate surface area is 118 Å². The second-order valence-corrected chi connectivity index (χ2v) is 5.60. The smallest absolute Gasteiger partial charge is 0.287 e. The van der Waals surface area contributed by atoms with Gasteiger partial charge in [0.1, 0.15) is 5.02 Å². The topological polar surface area (TPSA) is 67.2 Å². The average molecular weight is 288 g/mol. The van der Waals surface area contributed by atoms with E-state index in [1.54, 1.807) is 6.20 Å². The molecular weight excluding hydrogens is 266 g/mol. The molecule has 0 radical (unpaired) electrons. The lowest BCUT2D eigenvalue weighted by Gasteiger charge is -2.23. The van der Waals surface area contributed by atoms with Crippen molar-refractivity contribution in [3.05, 3.63) is 21.6 Å². The molecule has 0 saturated carbocycles. The summed E-state index contributed by atoms with van der Waals surface area (Å²) in [5.41, 5.74) is 0.226. The summed E-state index contributed by atoms with van der Waals surface area (Å²) in [7, 11) is 0. The minimum absolute atomic E-state index is 0.0302. The van der Waals surface area contributed by atoms with Gasteiger partial charge in [0.2, 0.25) is 0 Å². The maximum Gasteiger partial charge on any atom is 0.287 e. The third-order valence-electron chi connectivity index (χ3n) is 3.02. The molecule has 0 aliphatic rings. The van der Waals surface area contributed by atoms with Gasteiger partial charge in [-0.2, -0.15) is 5.10 Å². The van der Waals surface area contributed by atoms with Crippen molar-refractivity contribution < 1.29 is 5.11 Å². The summed E-state index contributed by atoms with van der Waals surface area (Å²) >= 11 is 6.09. The molecule has 1 aromatic rings. The zero-order valence-electron chi connectivity index (χ0n) is 11.9. The number of anilines is 1. The molecule has 0 aliphatic carbocycles. The molecule has 0 fully saturated rings. The fraction of sp³-hybridized carbons (Fsp3) is 0.692. The van der Waals surface area contributed by atoms with Crippen LogP contribution in [-0.4, -0.2) is 27.5 Å². The van der Waals surface area contributed by atoms with Gasteiger partial charge < -0.3 is 10.4 Å². The number of aliphatic hydroxyl groups is 1. The Balaban J connectivity index is 3.02.